The fourth-order valence-corrected chi connectivity index (χ4v) is 4.13. The zero-order chi connectivity index (χ0) is 19.3. The van der Waals surface area contributed by atoms with Crippen molar-refractivity contribution >= 4 is 11.9 Å². The molecule has 0 aliphatic carbocycles. The Kier molecular flexibility index (Phi) is 5.60. The minimum Gasteiger partial charge on any atom is -0.338 e. The van der Waals surface area contributed by atoms with E-state index in [2.05, 4.69) is 15.5 Å². The zero-order valence-corrected chi connectivity index (χ0v) is 16.1. The van der Waals surface area contributed by atoms with E-state index in [4.69, 9.17) is 0 Å². The second kappa shape index (κ2) is 8.46. The maximum absolute atomic E-state index is 12.6. The lowest BCUT2D eigenvalue weighted by atomic mass is 9.94. The second-order valence-electron chi connectivity index (χ2n) is 7.62. The summed E-state index contributed by atoms with van der Waals surface area (Å²) in [6.45, 7) is 3.43. The first-order chi connectivity index (χ1) is 13.7. The molecule has 7 heteroatoms. The first-order valence-corrected chi connectivity index (χ1v) is 10.1. The Hall–Kier alpha value is -2.83. The van der Waals surface area contributed by atoms with E-state index in [0.717, 1.165) is 55.7 Å². The molecular weight excluding hydrogens is 354 g/mol. The highest BCUT2D eigenvalue weighted by Crippen LogP contribution is 2.26. The van der Waals surface area contributed by atoms with Gasteiger partial charge in [0.1, 0.15) is 0 Å². The molecule has 2 aliphatic rings. The number of hydrogen-bond donors (Lipinski definition) is 2. The van der Waals surface area contributed by atoms with Crippen molar-refractivity contribution in [3.8, 4) is 0 Å². The van der Waals surface area contributed by atoms with Crippen LogP contribution in [0.1, 0.15) is 48.4 Å². The van der Waals surface area contributed by atoms with Gasteiger partial charge in [-0.1, -0.05) is 24.3 Å². The van der Waals surface area contributed by atoms with Gasteiger partial charge < -0.3 is 15.1 Å². The SMILES string of the molecule is O=C1CCCN1Cc1ccccc1CNC(=O)N1CCC(c2ccn[nH]2)CC1. The summed E-state index contributed by atoms with van der Waals surface area (Å²) in [6.07, 6.45) is 5.26. The van der Waals surface area contributed by atoms with Gasteiger partial charge in [0.2, 0.25) is 5.91 Å². The molecule has 2 aromatic rings. The first-order valence-electron chi connectivity index (χ1n) is 10.1. The second-order valence-corrected chi connectivity index (χ2v) is 7.62. The number of urea groups is 1. The van der Waals surface area contributed by atoms with Gasteiger partial charge in [-0.25, -0.2) is 4.79 Å². The number of rotatable bonds is 5. The molecule has 7 nitrogen and oxygen atoms in total. The van der Waals surface area contributed by atoms with Crippen molar-refractivity contribution in [3.05, 3.63) is 53.3 Å². The number of piperidine rings is 1. The number of nitrogens with one attached hydrogen (secondary N) is 2. The van der Waals surface area contributed by atoms with Gasteiger partial charge >= 0.3 is 6.03 Å². The van der Waals surface area contributed by atoms with Crippen LogP contribution in [-0.2, 0) is 17.9 Å². The third kappa shape index (κ3) is 4.18. The fraction of sp³-hybridized carbons (Fsp3) is 0.476. The molecule has 0 atom stereocenters. The Morgan fingerprint density at radius 2 is 1.93 bits per heavy atom. The van der Waals surface area contributed by atoms with E-state index < -0.39 is 0 Å². The monoisotopic (exact) mass is 381 g/mol. The van der Waals surface area contributed by atoms with E-state index >= 15 is 0 Å². The van der Waals surface area contributed by atoms with Crippen molar-refractivity contribution in [2.24, 2.45) is 0 Å². The highest BCUT2D eigenvalue weighted by Gasteiger charge is 2.25. The molecule has 28 heavy (non-hydrogen) atoms. The standard InChI is InChI=1S/C21H27N5O2/c27-20-6-3-11-26(20)15-18-5-2-1-4-17(18)14-22-21(28)25-12-8-16(9-13-25)19-7-10-23-24-19/h1-2,4-5,7,10,16H,3,6,8-9,11-15H2,(H,22,28)(H,23,24). The van der Waals surface area contributed by atoms with Crippen molar-refractivity contribution in [1.82, 2.24) is 25.3 Å². The Morgan fingerprint density at radius 3 is 2.61 bits per heavy atom. The van der Waals surface area contributed by atoms with E-state index in [1.54, 1.807) is 6.20 Å². The molecule has 148 valence electrons. The van der Waals surface area contributed by atoms with Crippen LogP contribution in [0, 0.1) is 0 Å². The number of aromatic amines is 1. The third-order valence-electron chi connectivity index (χ3n) is 5.83. The molecule has 0 bridgehead atoms. The average molecular weight is 381 g/mol. The van der Waals surface area contributed by atoms with E-state index in [0.29, 0.717) is 25.4 Å². The highest BCUT2D eigenvalue weighted by atomic mass is 16.2. The Labute approximate surface area is 165 Å². The van der Waals surface area contributed by atoms with Crippen LogP contribution in [0.4, 0.5) is 4.79 Å². The smallest absolute Gasteiger partial charge is 0.317 e. The van der Waals surface area contributed by atoms with Crippen LogP contribution >= 0.6 is 0 Å². The Balaban J connectivity index is 1.30. The molecule has 4 rings (SSSR count). The minimum absolute atomic E-state index is 0.0184. The predicted octanol–water partition coefficient (Wildman–Crippen LogP) is 2.62. The summed E-state index contributed by atoms with van der Waals surface area (Å²) in [5.41, 5.74) is 3.34. The van der Waals surface area contributed by atoms with Gasteiger partial charge in [0.25, 0.3) is 0 Å². The van der Waals surface area contributed by atoms with Gasteiger partial charge in [-0.15, -0.1) is 0 Å². The molecule has 2 aliphatic heterocycles. The number of benzene rings is 1. The maximum Gasteiger partial charge on any atom is 0.317 e. The first kappa shape index (κ1) is 18.5. The van der Waals surface area contributed by atoms with E-state index in [1.807, 2.05) is 40.1 Å². The van der Waals surface area contributed by atoms with E-state index in [9.17, 15) is 9.59 Å². The third-order valence-corrected chi connectivity index (χ3v) is 5.83. The summed E-state index contributed by atoms with van der Waals surface area (Å²) in [5.74, 6) is 0.671. The molecule has 1 aromatic heterocycles. The molecule has 2 saturated heterocycles. The summed E-state index contributed by atoms with van der Waals surface area (Å²) >= 11 is 0. The van der Waals surface area contributed by atoms with Gasteiger partial charge in [-0.05, 0) is 36.5 Å². The van der Waals surface area contributed by atoms with Gasteiger partial charge in [0, 0.05) is 57.0 Å². The average Bonchev–Trinajstić information content (AvgIpc) is 3.40. The van der Waals surface area contributed by atoms with Gasteiger partial charge in [0.15, 0.2) is 0 Å². The van der Waals surface area contributed by atoms with Gasteiger partial charge in [0.05, 0.1) is 0 Å². The number of carbonyl (C=O) groups excluding carboxylic acids is 2. The molecule has 3 amide bonds. The van der Waals surface area contributed by atoms with Crippen LogP contribution in [0.3, 0.4) is 0 Å². The molecule has 2 fully saturated rings. The molecular formula is C21H27N5O2. The number of carbonyl (C=O) groups is 2. The lowest BCUT2D eigenvalue weighted by Crippen LogP contribution is -2.44. The normalized spacial score (nSPS) is 17.9. The predicted molar refractivity (Wildman–Crippen MR) is 105 cm³/mol. The molecule has 1 aromatic carbocycles. The van der Waals surface area contributed by atoms with E-state index in [-0.39, 0.29) is 11.9 Å². The summed E-state index contributed by atoms with van der Waals surface area (Å²) in [5, 5.41) is 10.1. The number of nitrogens with zero attached hydrogens (tertiary/aromatic N) is 3. The van der Waals surface area contributed by atoms with Crippen LogP contribution in [-0.4, -0.2) is 51.6 Å². The van der Waals surface area contributed by atoms with Crippen LogP contribution in [0.25, 0.3) is 0 Å². The van der Waals surface area contributed by atoms with Gasteiger partial charge in [-0.2, -0.15) is 5.10 Å². The summed E-state index contributed by atoms with van der Waals surface area (Å²) in [7, 11) is 0. The number of likely N-dealkylation sites (tertiary alicyclic amines) is 2. The van der Waals surface area contributed by atoms with Crippen LogP contribution in [0.15, 0.2) is 36.5 Å². The highest BCUT2D eigenvalue weighted by molar-refractivity contribution is 5.78. The Bertz CT molecular complexity index is 812. The lowest BCUT2D eigenvalue weighted by Gasteiger charge is -2.31. The maximum atomic E-state index is 12.6. The van der Waals surface area contributed by atoms with Crippen LogP contribution < -0.4 is 5.32 Å². The van der Waals surface area contributed by atoms with E-state index in [1.165, 1.54) is 0 Å². The molecule has 0 unspecified atom stereocenters. The van der Waals surface area contributed by atoms with Gasteiger partial charge in [-0.3, -0.25) is 9.89 Å². The largest absolute Gasteiger partial charge is 0.338 e. The zero-order valence-electron chi connectivity index (χ0n) is 16.1. The van der Waals surface area contributed by atoms with Crippen LogP contribution in [0.2, 0.25) is 0 Å². The number of hydrogen-bond acceptors (Lipinski definition) is 3. The minimum atomic E-state index is -0.0184. The van der Waals surface area contributed by atoms with Crippen molar-refractivity contribution in [2.75, 3.05) is 19.6 Å². The van der Waals surface area contributed by atoms with Crippen molar-refractivity contribution in [2.45, 2.75) is 44.7 Å². The Morgan fingerprint density at radius 1 is 1.14 bits per heavy atom. The molecule has 0 spiro atoms. The molecule has 0 saturated carbocycles. The molecule has 3 heterocycles. The topological polar surface area (TPSA) is 81.3 Å². The van der Waals surface area contributed by atoms with Crippen molar-refractivity contribution in [1.29, 1.82) is 0 Å². The number of amides is 3. The summed E-state index contributed by atoms with van der Waals surface area (Å²) in [4.78, 5) is 28.3. The quantitative estimate of drug-likeness (QED) is 0.835. The number of H-pyrrole nitrogens is 1. The summed E-state index contributed by atoms with van der Waals surface area (Å²) < 4.78 is 0. The van der Waals surface area contributed by atoms with Crippen molar-refractivity contribution in [3.63, 3.8) is 0 Å². The lowest BCUT2D eigenvalue weighted by molar-refractivity contribution is -0.128. The molecule has 2 N–H and O–H groups in total. The van der Waals surface area contributed by atoms with Crippen LogP contribution in [0.5, 0.6) is 0 Å². The summed E-state index contributed by atoms with van der Waals surface area (Å²) in [6, 6.07) is 10.0. The van der Waals surface area contributed by atoms with Crippen molar-refractivity contribution < 1.29 is 9.59 Å². The fourth-order valence-electron chi connectivity index (χ4n) is 4.13. The number of aromatic nitrogens is 2. The molecule has 0 radical (unpaired) electrons.